The highest BCUT2D eigenvalue weighted by Crippen LogP contribution is 2.18. The van der Waals surface area contributed by atoms with Crippen LogP contribution in [0.4, 0.5) is 0 Å². The van der Waals surface area contributed by atoms with Crippen molar-refractivity contribution in [2.45, 2.75) is 0 Å². The van der Waals surface area contributed by atoms with E-state index in [1.54, 1.807) is 0 Å². The van der Waals surface area contributed by atoms with Gasteiger partial charge in [0.25, 0.3) is 0 Å². The zero-order chi connectivity index (χ0) is 9.42. The van der Waals surface area contributed by atoms with Crippen LogP contribution in [-0.2, 0) is 0 Å². The van der Waals surface area contributed by atoms with Gasteiger partial charge in [-0.05, 0) is 6.07 Å². The van der Waals surface area contributed by atoms with Crippen molar-refractivity contribution in [3.8, 4) is 5.75 Å². The van der Waals surface area contributed by atoms with Crippen molar-refractivity contribution in [1.29, 1.82) is 0 Å². The number of nitrogens with zero attached hydrogens (tertiary/aromatic N) is 1. The van der Waals surface area contributed by atoms with Crippen molar-refractivity contribution in [2.24, 2.45) is 0 Å². The van der Waals surface area contributed by atoms with Crippen LogP contribution in [0.15, 0.2) is 18.5 Å². The van der Waals surface area contributed by atoms with Gasteiger partial charge in [-0.3, -0.25) is 0 Å². The Morgan fingerprint density at radius 1 is 1.31 bits per heavy atom. The number of imidazole rings is 1. The monoisotopic (exact) mass is 178 g/mol. The van der Waals surface area contributed by atoms with E-state index in [2.05, 4.69) is 9.97 Å². The summed E-state index contributed by atoms with van der Waals surface area (Å²) in [6, 6.07) is 2.80. The Kier molecular flexibility index (Phi) is 1.71. The number of phenols is 1. The molecule has 2 rings (SSSR count). The maximum absolute atomic E-state index is 9.33. The highest BCUT2D eigenvalue weighted by molar-refractivity contribution is 6.61. The van der Waals surface area contributed by atoms with Gasteiger partial charge in [-0.1, -0.05) is 6.07 Å². The molecule has 0 atom stereocenters. The van der Waals surface area contributed by atoms with Crippen LogP contribution in [-0.4, -0.2) is 32.2 Å². The molecule has 2 aromatic rings. The van der Waals surface area contributed by atoms with Gasteiger partial charge in [0.05, 0.1) is 11.8 Å². The van der Waals surface area contributed by atoms with E-state index in [4.69, 9.17) is 10.0 Å². The summed E-state index contributed by atoms with van der Waals surface area (Å²) >= 11 is 0. The molecule has 0 aliphatic heterocycles. The number of aromatic amines is 1. The van der Waals surface area contributed by atoms with Gasteiger partial charge in [0.1, 0.15) is 11.3 Å². The van der Waals surface area contributed by atoms with Crippen molar-refractivity contribution >= 4 is 23.6 Å². The molecule has 0 saturated carbocycles. The topological polar surface area (TPSA) is 89.4 Å². The number of benzene rings is 1. The van der Waals surface area contributed by atoms with E-state index in [0.29, 0.717) is 11.0 Å². The molecule has 0 fully saturated rings. The number of fused-ring (bicyclic) bond motifs is 1. The van der Waals surface area contributed by atoms with E-state index in [0.717, 1.165) is 0 Å². The second kappa shape index (κ2) is 2.76. The van der Waals surface area contributed by atoms with Crippen molar-refractivity contribution < 1.29 is 15.2 Å². The fourth-order valence-electron chi connectivity index (χ4n) is 1.25. The molecule has 6 heteroatoms. The molecule has 0 saturated heterocycles. The Bertz CT molecular complexity index is 440. The van der Waals surface area contributed by atoms with Gasteiger partial charge in [-0.25, -0.2) is 4.98 Å². The standard InChI is InChI=1S/C7H7BN2O3/c11-5-2-1-4(8(12)13)6-7(5)10-3-9-6/h1-3,11-13H,(H,9,10). The van der Waals surface area contributed by atoms with Crippen LogP contribution in [0.5, 0.6) is 5.75 Å². The summed E-state index contributed by atoms with van der Waals surface area (Å²) in [6.07, 6.45) is 1.39. The highest BCUT2D eigenvalue weighted by atomic mass is 16.4. The highest BCUT2D eigenvalue weighted by Gasteiger charge is 2.17. The Hall–Kier alpha value is -1.53. The molecule has 1 aromatic carbocycles. The fourth-order valence-corrected chi connectivity index (χ4v) is 1.25. The van der Waals surface area contributed by atoms with Gasteiger partial charge in [-0.2, -0.15) is 0 Å². The van der Waals surface area contributed by atoms with Crippen molar-refractivity contribution in [3.63, 3.8) is 0 Å². The van der Waals surface area contributed by atoms with E-state index in [1.807, 2.05) is 0 Å². The summed E-state index contributed by atoms with van der Waals surface area (Å²) in [5.74, 6) is 0.0388. The first-order valence-corrected chi connectivity index (χ1v) is 3.71. The largest absolute Gasteiger partial charge is 0.506 e. The molecule has 0 spiro atoms. The zero-order valence-electron chi connectivity index (χ0n) is 6.60. The quantitative estimate of drug-likeness (QED) is 0.419. The second-order valence-corrected chi connectivity index (χ2v) is 2.67. The average molecular weight is 178 g/mol. The number of hydrogen-bond donors (Lipinski definition) is 4. The van der Waals surface area contributed by atoms with E-state index >= 15 is 0 Å². The SMILES string of the molecule is OB(O)c1ccc(O)c2[nH]cnc12. The Balaban J connectivity index is 2.78. The zero-order valence-corrected chi connectivity index (χ0v) is 6.60. The number of nitrogens with one attached hydrogen (secondary N) is 1. The molecule has 0 bridgehead atoms. The molecule has 13 heavy (non-hydrogen) atoms. The Morgan fingerprint density at radius 3 is 2.77 bits per heavy atom. The lowest BCUT2D eigenvalue weighted by Crippen LogP contribution is -2.30. The summed E-state index contributed by atoms with van der Waals surface area (Å²) < 4.78 is 0. The molecule has 4 N–H and O–H groups in total. The maximum atomic E-state index is 9.33. The van der Waals surface area contributed by atoms with Crippen molar-refractivity contribution in [2.75, 3.05) is 0 Å². The normalized spacial score (nSPS) is 10.6. The fraction of sp³-hybridized carbons (Fsp3) is 0. The van der Waals surface area contributed by atoms with E-state index in [9.17, 15) is 5.11 Å². The molecule has 0 aliphatic carbocycles. The molecule has 0 aliphatic rings. The average Bonchev–Trinajstić information content (AvgIpc) is 2.53. The maximum Gasteiger partial charge on any atom is 0.490 e. The minimum atomic E-state index is -1.58. The summed E-state index contributed by atoms with van der Waals surface area (Å²) in [5, 5.41) is 27.2. The van der Waals surface area contributed by atoms with E-state index < -0.39 is 7.12 Å². The van der Waals surface area contributed by atoms with Crippen molar-refractivity contribution in [1.82, 2.24) is 9.97 Å². The predicted molar refractivity (Wildman–Crippen MR) is 47.6 cm³/mol. The molecule has 5 nitrogen and oxygen atoms in total. The van der Waals surface area contributed by atoms with Crippen LogP contribution in [0.25, 0.3) is 11.0 Å². The third-order valence-corrected chi connectivity index (χ3v) is 1.87. The van der Waals surface area contributed by atoms with Crippen LogP contribution in [0, 0.1) is 0 Å². The lowest BCUT2D eigenvalue weighted by molar-refractivity contribution is 0.426. The van der Waals surface area contributed by atoms with Crippen LogP contribution < -0.4 is 5.46 Å². The smallest absolute Gasteiger partial charge is 0.490 e. The molecule has 1 heterocycles. The van der Waals surface area contributed by atoms with Gasteiger partial charge in [0.15, 0.2) is 0 Å². The molecule has 0 amide bonds. The third-order valence-electron chi connectivity index (χ3n) is 1.87. The molecular formula is C7H7BN2O3. The summed E-state index contributed by atoms with van der Waals surface area (Å²) in [4.78, 5) is 6.56. The van der Waals surface area contributed by atoms with Crippen molar-refractivity contribution in [3.05, 3.63) is 18.5 Å². The van der Waals surface area contributed by atoms with Gasteiger partial charge in [0, 0.05) is 5.46 Å². The first-order chi connectivity index (χ1) is 6.20. The summed E-state index contributed by atoms with van der Waals surface area (Å²) in [6.45, 7) is 0. The molecule has 0 radical (unpaired) electrons. The number of phenolic OH excluding ortho intramolecular Hbond substituents is 1. The van der Waals surface area contributed by atoms with Gasteiger partial charge < -0.3 is 20.1 Å². The number of rotatable bonds is 1. The van der Waals surface area contributed by atoms with Crippen LogP contribution in [0.3, 0.4) is 0 Å². The molecule has 66 valence electrons. The van der Waals surface area contributed by atoms with Crippen LogP contribution in [0.2, 0.25) is 0 Å². The summed E-state index contributed by atoms with van der Waals surface area (Å²) in [7, 11) is -1.58. The second-order valence-electron chi connectivity index (χ2n) is 2.67. The van der Waals surface area contributed by atoms with E-state index in [-0.39, 0.29) is 11.2 Å². The Morgan fingerprint density at radius 2 is 2.08 bits per heavy atom. The van der Waals surface area contributed by atoms with Gasteiger partial charge in [0.2, 0.25) is 0 Å². The third kappa shape index (κ3) is 1.16. The summed E-state index contributed by atoms with van der Waals surface area (Å²) in [5.41, 5.74) is 1.05. The number of aromatic nitrogens is 2. The van der Waals surface area contributed by atoms with Gasteiger partial charge in [-0.15, -0.1) is 0 Å². The minimum Gasteiger partial charge on any atom is -0.506 e. The predicted octanol–water partition coefficient (Wildman–Crippen LogP) is -1.05. The minimum absolute atomic E-state index is 0.0388. The molecular weight excluding hydrogens is 171 g/mol. The number of aromatic hydroxyl groups is 1. The van der Waals surface area contributed by atoms with Gasteiger partial charge >= 0.3 is 7.12 Å². The van der Waals surface area contributed by atoms with Crippen LogP contribution in [0.1, 0.15) is 0 Å². The number of H-pyrrole nitrogens is 1. The lowest BCUT2D eigenvalue weighted by Gasteiger charge is -2.00. The molecule has 0 unspecified atom stereocenters. The lowest BCUT2D eigenvalue weighted by atomic mass is 9.79. The first-order valence-electron chi connectivity index (χ1n) is 3.71. The Labute approximate surface area is 73.8 Å². The van der Waals surface area contributed by atoms with Crippen LogP contribution >= 0.6 is 0 Å². The van der Waals surface area contributed by atoms with E-state index in [1.165, 1.54) is 18.5 Å². The molecule has 1 aromatic heterocycles. The number of hydrogen-bond acceptors (Lipinski definition) is 4. The first kappa shape index (κ1) is 8.09.